The van der Waals surface area contributed by atoms with Gasteiger partial charge in [-0.15, -0.1) is 11.3 Å². The number of benzene rings is 1. The molecule has 3 N–H and O–H groups in total. The number of likely N-dealkylation sites (tertiary alicyclic amines) is 1. The summed E-state index contributed by atoms with van der Waals surface area (Å²) in [6, 6.07) is 11.6. The Morgan fingerprint density at radius 2 is 1.80 bits per heavy atom. The van der Waals surface area contributed by atoms with Crippen molar-refractivity contribution < 1.29 is 14.4 Å². The Balaban J connectivity index is 1.28. The first-order valence-electron chi connectivity index (χ1n) is 17.0. The molecule has 45 heavy (non-hydrogen) atoms. The van der Waals surface area contributed by atoms with Gasteiger partial charge in [-0.3, -0.25) is 14.5 Å². The average molecular weight is 637 g/mol. The van der Waals surface area contributed by atoms with Crippen LogP contribution in [0.3, 0.4) is 0 Å². The van der Waals surface area contributed by atoms with E-state index in [1.165, 1.54) is 24.8 Å². The summed E-state index contributed by atoms with van der Waals surface area (Å²) in [5.74, 6) is -0.556. The molecule has 1 saturated carbocycles. The first-order chi connectivity index (χ1) is 21.9. The van der Waals surface area contributed by atoms with Crippen LogP contribution in [0, 0.1) is 5.92 Å². The Bertz CT molecular complexity index is 1250. The monoisotopic (exact) mass is 636 g/mol. The Morgan fingerprint density at radius 3 is 2.58 bits per heavy atom. The number of anilines is 1. The Kier molecular flexibility index (Phi) is 12.3. The van der Waals surface area contributed by atoms with Crippen LogP contribution in [0.4, 0.5) is 10.5 Å². The lowest BCUT2D eigenvalue weighted by molar-refractivity contribution is -0.138. The normalized spacial score (nSPS) is 21.3. The minimum absolute atomic E-state index is 0.0937. The van der Waals surface area contributed by atoms with Crippen molar-refractivity contribution in [3.63, 3.8) is 0 Å². The van der Waals surface area contributed by atoms with Gasteiger partial charge in [0.2, 0.25) is 11.8 Å². The molecule has 2 fully saturated rings. The highest BCUT2D eigenvalue weighted by molar-refractivity contribution is 7.09. The molecule has 0 radical (unpaired) electrons. The molecular formula is C35H52N6O3S. The number of amides is 4. The summed E-state index contributed by atoms with van der Waals surface area (Å²) in [5.41, 5.74) is 2.12. The second-order valence-corrected chi connectivity index (χ2v) is 14.3. The van der Waals surface area contributed by atoms with Gasteiger partial charge in [-0.2, -0.15) is 0 Å². The lowest BCUT2D eigenvalue weighted by Crippen LogP contribution is -2.61. The van der Waals surface area contributed by atoms with Crippen molar-refractivity contribution in [1.29, 1.82) is 0 Å². The maximum atomic E-state index is 14.2. The minimum atomic E-state index is -0.532. The van der Waals surface area contributed by atoms with E-state index in [9.17, 15) is 14.4 Å². The fourth-order valence-corrected chi connectivity index (χ4v) is 7.76. The van der Waals surface area contributed by atoms with Crippen molar-refractivity contribution >= 4 is 34.9 Å². The molecule has 1 aliphatic carbocycles. The van der Waals surface area contributed by atoms with E-state index in [0.29, 0.717) is 38.6 Å². The van der Waals surface area contributed by atoms with Crippen LogP contribution >= 0.6 is 11.3 Å². The molecular weight excluding hydrogens is 584 g/mol. The SMILES string of the molecule is CN(C)CCCCC(NC1CCCCC1)C(=O)N1CC[C@@H](NC(=O)N2CCCc3ccccc32)[C@@H](C(=O)NCc2cccs2)C1. The number of unbranched alkanes of at least 4 members (excludes halogenated alkanes) is 1. The second-order valence-electron chi connectivity index (χ2n) is 13.3. The number of hydrogen-bond donors (Lipinski definition) is 3. The van der Waals surface area contributed by atoms with Gasteiger partial charge in [-0.1, -0.05) is 49.9 Å². The number of aryl methyl sites for hydroxylation is 1. The van der Waals surface area contributed by atoms with Gasteiger partial charge in [0.25, 0.3) is 0 Å². The van der Waals surface area contributed by atoms with Gasteiger partial charge in [-0.05, 0) is 88.7 Å². The number of piperidine rings is 1. The summed E-state index contributed by atoms with van der Waals surface area (Å²) < 4.78 is 0. The van der Waals surface area contributed by atoms with E-state index in [0.717, 1.165) is 62.1 Å². The predicted octanol–water partition coefficient (Wildman–Crippen LogP) is 4.77. The van der Waals surface area contributed by atoms with Gasteiger partial charge >= 0.3 is 6.03 Å². The Morgan fingerprint density at radius 1 is 0.978 bits per heavy atom. The molecule has 3 atom stereocenters. The predicted molar refractivity (Wildman–Crippen MR) is 181 cm³/mol. The van der Waals surface area contributed by atoms with E-state index >= 15 is 0 Å². The number of nitrogens with zero attached hydrogens (tertiary/aromatic N) is 3. The molecule has 3 heterocycles. The van der Waals surface area contributed by atoms with E-state index in [-0.39, 0.29) is 29.9 Å². The summed E-state index contributed by atoms with van der Waals surface area (Å²) in [6.07, 6.45) is 11.1. The summed E-state index contributed by atoms with van der Waals surface area (Å²) in [4.78, 5) is 48.6. The van der Waals surface area contributed by atoms with Crippen molar-refractivity contribution in [3.05, 3.63) is 52.2 Å². The summed E-state index contributed by atoms with van der Waals surface area (Å²) >= 11 is 1.61. The highest BCUT2D eigenvalue weighted by Gasteiger charge is 2.39. The number of urea groups is 1. The smallest absolute Gasteiger partial charge is 0.322 e. The zero-order valence-corrected chi connectivity index (χ0v) is 28.0. The van der Waals surface area contributed by atoms with Crippen LogP contribution in [-0.2, 0) is 22.6 Å². The summed E-state index contributed by atoms with van der Waals surface area (Å²) in [7, 11) is 4.17. The lowest BCUT2D eigenvalue weighted by atomic mass is 9.90. The molecule has 1 unspecified atom stereocenters. The third-order valence-electron chi connectivity index (χ3n) is 9.63. The molecule has 3 aliphatic rings. The molecule has 4 amide bonds. The number of thiophene rings is 1. The number of nitrogens with one attached hydrogen (secondary N) is 3. The van der Waals surface area contributed by atoms with Crippen molar-refractivity contribution in [2.24, 2.45) is 5.92 Å². The number of rotatable bonds is 12. The zero-order chi connectivity index (χ0) is 31.6. The van der Waals surface area contributed by atoms with Crippen molar-refractivity contribution in [2.75, 3.05) is 45.2 Å². The maximum Gasteiger partial charge on any atom is 0.322 e. The third kappa shape index (κ3) is 9.30. The minimum Gasteiger partial charge on any atom is -0.351 e. The number of para-hydroxylation sites is 1. The lowest BCUT2D eigenvalue weighted by Gasteiger charge is -2.41. The molecule has 1 aromatic carbocycles. The van der Waals surface area contributed by atoms with Crippen molar-refractivity contribution in [3.8, 4) is 0 Å². The van der Waals surface area contributed by atoms with Crippen molar-refractivity contribution in [1.82, 2.24) is 25.8 Å². The van der Waals surface area contributed by atoms with Crippen LogP contribution in [0.2, 0.25) is 0 Å². The first-order valence-corrected chi connectivity index (χ1v) is 17.9. The first kappa shape index (κ1) is 33.4. The van der Waals surface area contributed by atoms with Crippen LogP contribution in [0.15, 0.2) is 41.8 Å². The number of carbonyl (C=O) groups excluding carboxylic acids is 3. The van der Waals surface area contributed by atoms with Gasteiger partial charge in [-0.25, -0.2) is 4.79 Å². The topological polar surface area (TPSA) is 97.0 Å². The fourth-order valence-electron chi connectivity index (χ4n) is 7.12. The van der Waals surface area contributed by atoms with Crippen LogP contribution in [-0.4, -0.2) is 86.0 Å². The molecule has 2 aromatic rings. The molecule has 1 aromatic heterocycles. The van der Waals surface area contributed by atoms with Crippen LogP contribution in [0.1, 0.15) is 74.6 Å². The quantitative estimate of drug-likeness (QED) is 0.292. The molecule has 1 saturated heterocycles. The molecule has 2 aliphatic heterocycles. The molecule has 0 bridgehead atoms. The van der Waals surface area contributed by atoms with E-state index < -0.39 is 5.92 Å². The van der Waals surface area contributed by atoms with Gasteiger partial charge in [0.15, 0.2) is 0 Å². The van der Waals surface area contributed by atoms with Gasteiger partial charge in [0, 0.05) is 42.3 Å². The Hall–Kier alpha value is -2.95. The molecule has 5 rings (SSSR count). The van der Waals surface area contributed by atoms with Gasteiger partial charge in [0.1, 0.15) is 0 Å². The zero-order valence-electron chi connectivity index (χ0n) is 27.1. The molecule has 9 nitrogen and oxygen atoms in total. The number of fused-ring (bicyclic) bond motifs is 1. The molecule has 246 valence electrons. The summed E-state index contributed by atoms with van der Waals surface area (Å²) in [6.45, 7) is 2.92. The fraction of sp³-hybridized carbons (Fsp3) is 0.629. The third-order valence-corrected chi connectivity index (χ3v) is 10.5. The van der Waals surface area contributed by atoms with Crippen molar-refractivity contribution in [2.45, 2.75) is 95.3 Å². The summed E-state index contributed by atoms with van der Waals surface area (Å²) in [5, 5.41) is 12.1. The maximum absolute atomic E-state index is 14.2. The average Bonchev–Trinajstić information content (AvgIpc) is 3.59. The molecule has 10 heteroatoms. The van der Waals surface area contributed by atoms with Crippen LogP contribution in [0.5, 0.6) is 0 Å². The number of hydrogen-bond acceptors (Lipinski definition) is 6. The van der Waals surface area contributed by atoms with E-state index in [1.807, 2.05) is 45.5 Å². The van der Waals surface area contributed by atoms with Crippen LogP contribution < -0.4 is 20.9 Å². The second kappa shape index (κ2) is 16.6. The van der Waals surface area contributed by atoms with Gasteiger partial charge < -0.3 is 25.8 Å². The van der Waals surface area contributed by atoms with Crippen LogP contribution in [0.25, 0.3) is 0 Å². The van der Waals surface area contributed by atoms with E-state index in [4.69, 9.17) is 0 Å². The highest BCUT2D eigenvalue weighted by atomic mass is 32.1. The Labute approximate surface area is 273 Å². The van der Waals surface area contributed by atoms with E-state index in [1.54, 1.807) is 11.3 Å². The molecule has 0 spiro atoms. The number of carbonyl (C=O) groups is 3. The largest absolute Gasteiger partial charge is 0.351 e. The highest BCUT2D eigenvalue weighted by Crippen LogP contribution is 2.28. The standard InChI is InChI=1S/C35H52N6O3S/c1-39(2)20-9-8-17-31(37-27-14-4-3-5-15-27)34(43)40-22-19-30(29(25-40)33(42)36-24-28-16-11-23-45-28)38-35(44)41-21-10-13-26-12-6-7-18-32(26)41/h6-7,11-12,16,18,23,27,29-31,37H,3-5,8-10,13-15,17,19-22,24-25H2,1-2H3,(H,36,42)(H,38,44)/t29-,30+,31?/m0/s1. The van der Waals surface area contributed by atoms with E-state index in [2.05, 4.69) is 41.0 Å². The van der Waals surface area contributed by atoms with Gasteiger partial charge in [0.05, 0.1) is 18.5 Å².